The average Bonchev–Trinajstić information content (AvgIpc) is 2.47. The van der Waals surface area contributed by atoms with Crippen molar-refractivity contribution in [2.45, 2.75) is 109 Å². The van der Waals surface area contributed by atoms with Crippen LogP contribution in [0.4, 0.5) is 0 Å². The van der Waals surface area contributed by atoms with E-state index in [0.29, 0.717) is 0 Å². The van der Waals surface area contributed by atoms with Crippen molar-refractivity contribution in [1.82, 2.24) is 0 Å². The number of rotatable bonds is 1. The number of hydrogen-bond donors (Lipinski definition) is 0. The molecule has 20 heavy (non-hydrogen) atoms. The van der Waals surface area contributed by atoms with Gasteiger partial charge in [-0.05, 0) is 12.1 Å². The first-order valence-electron chi connectivity index (χ1n) is 9.63. The molecular formula is C19H39P. The van der Waals surface area contributed by atoms with Crippen molar-refractivity contribution in [3.63, 3.8) is 0 Å². The largest absolute Gasteiger partial charge is 0.137 e. The van der Waals surface area contributed by atoms with Crippen LogP contribution in [0.2, 0.25) is 0 Å². The van der Waals surface area contributed by atoms with E-state index in [1.54, 1.807) is 0 Å². The summed E-state index contributed by atoms with van der Waals surface area (Å²) in [6.45, 7) is 0. The Hall–Kier alpha value is 0.430. The highest BCUT2D eigenvalue weighted by Crippen LogP contribution is 2.21. The fourth-order valence-electron chi connectivity index (χ4n) is 3.54. The van der Waals surface area contributed by atoms with Gasteiger partial charge in [0.15, 0.2) is 0 Å². The Morgan fingerprint density at radius 3 is 0.950 bits per heavy atom. The standard InChI is InChI=1S/C19H39P/c20-18-19-16-14-12-10-8-6-4-2-1-3-5-7-9-11-13-15-17-19/h19H,1-18,20H2. The maximum Gasteiger partial charge on any atom is -0.0353 e. The van der Waals surface area contributed by atoms with Crippen LogP contribution < -0.4 is 0 Å². The molecule has 0 amide bonds. The quantitative estimate of drug-likeness (QED) is 0.452. The summed E-state index contributed by atoms with van der Waals surface area (Å²) >= 11 is 0. The van der Waals surface area contributed by atoms with Gasteiger partial charge in [-0.3, -0.25) is 0 Å². The molecule has 1 unspecified atom stereocenters. The predicted molar refractivity (Wildman–Crippen MR) is 96.6 cm³/mol. The van der Waals surface area contributed by atoms with E-state index < -0.39 is 0 Å². The molecule has 0 N–H and O–H groups in total. The minimum absolute atomic E-state index is 0.999. The third kappa shape index (κ3) is 11.1. The minimum Gasteiger partial charge on any atom is -0.137 e. The molecule has 1 fully saturated rings. The molecule has 1 atom stereocenters. The van der Waals surface area contributed by atoms with E-state index in [9.17, 15) is 0 Å². The Balaban J connectivity index is 2.14. The first kappa shape index (κ1) is 18.5. The highest BCUT2D eigenvalue weighted by molar-refractivity contribution is 7.16. The van der Waals surface area contributed by atoms with Gasteiger partial charge in [0.05, 0.1) is 0 Å². The van der Waals surface area contributed by atoms with Gasteiger partial charge < -0.3 is 0 Å². The van der Waals surface area contributed by atoms with E-state index in [-0.39, 0.29) is 0 Å². The fourth-order valence-corrected chi connectivity index (χ4v) is 4.02. The molecule has 1 aliphatic carbocycles. The Bertz CT molecular complexity index is 172. The highest BCUT2D eigenvalue weighted by atomic mass is 31.0. The lowest BCUT2D eigenvalue weighted by Crippen LogP contribution is -2.02. The third-order valence-corrected chi connectivity index (χ3v) is 5.72. The summed E-state index contributed by atoms with van der Waals surface area (Å²) in [5.41, 5.74) is 0. The lowest BCUT2D eigenvalue weighted by molar-refractivity contribution is 0.432. The van der Waals surface area contributed by atoms with E-state index in [1.807, 2.05) is 0 Å². The second kappa shape index (κ2) is 14.4. The molecule has 0 radical (unpaired) electrons. The normalized spacial score (nSPS) is 23.9. The molecule has 0 aromatic rings. The zero-order valence-electron chi connectivity index (χ0n) is 13.9. The van der Waals surface area contributed by atoms with Gasteiger partial charge in [0, 0.05) is 0 Å². The SMILES string of the molecule is PCC1CCCCCCCCCCCCCCCCC1. The maximum atomic E-state index is 2.99. The van der Waals surface area contributed by atoms with Crippen LogP contribution in [0.1, 0.15) is 109 Å². The highest BCUT2D eigenvalue weighted by Gasteiger charge is 2.06. The van der Waals surface area contributed by atoms with E-state index in [2.05, 4.69) is 9.24 Å². The summed E-state index contributed by atoms with van der Waals surface area (Å²) in [4.78, 5) is 0. The van der Waals surface area contributed by atoms with Gasteiger partial charge >= 0.3 is 0 Å². The van der Waals surface area contributed by atoms with Gasteiger partial charge in [0.1, 0.15) is 0 Å². The van der Waals surface area contributed by atoms with Crippen molar-refractivity contribution >= 4 is 9.24 Å². The van der Waals surface area contributed by atoms with Crippen LogP contribution in [0.15, 0.2) is 0 Å². The number of hydrogen-bond acceptors (Lipinski definition) is 0. The minimum atomic E-state index is 0.999. The Kier molecular flexibility index (Phi) is 13.3. The van der Waals surface area contributed by atoms with Crippen LogP contribution in [-0.4, -0.2) is 6.16 Å². The van der Waals surface area contributed by atoms with Crippen LogP contribution >= 0.6 is 9.24 Å². The van der Waals surface area contributed by atoms with Crippen LogP contribution in [0.25, 0.3) is 0 Å². The maximum absolute atomic E-state index is 2.99. The van der Waals surface area contributed by atoms with Crippen molar-refractivity contribution in [2.75, 3.05) is 6.16 Å². The van der Waals surface area contributed by atoms with Gasteiger partial charge in [-0.25, -0.2) is 0 Å². The van der Waals surface area contributed by atoms with Gasteiger partial charge in [-0.1, -0.05) is 109 Å². The summed E-state index contributed by atoms with van der Waals surface area (Å²) in [6, 6.07) is 0. The van der Waals surface area contributed by atoms with Crippen molar-refractivity contribution in [3.05, 3.63) is 0 Å². The smallest absolute Gasteiger partial charge is 0.0353 e. The van der Waals surface area contributed by atoms with Crippen LogP contribution in [0, 0.1) is 5.92 Å². The van der Waals surface area contributed by atoms with Crippen LogP contribution in [0.5, 0.6) is 0 Å². The first-order valence-corrected chi connectivity index (χ1v) is 10.4. The summed E-state index contributed by atoms with van der Waals surface area (Å²) in [7, 11) is 2.99. The van der Waals surface area contributed by atoms with E-state index >= 15 is 0 Å². The molecule has 120 valence electrons. The molecule has 0 aliphatic heterocycles. The second-order valence-electron chi connectivity index (χ2n) is 6.98. The van der Waals surface area contributed by atoms with Gasteiger partial charge in [0.2, 0.25) is 0 Å². The molecule has 1 saturated carbocycles. The lowest BCUT2D eigenvalue weighted by atomic mass is 9.95. The topological polar surface area (TPSA) is 0 Å². The van der Waals surface area contributed by atoms with E-state index in [1.165, 1.54) is 115 Å². The average molecular weight is 298 g/mol. The molecular weight excluding hydrogens is 259 g/mol. The molecule has 1 heteroatoms. The molecule has 0 heterocycles. The monoisotopic (exact) mass is 298 g/mol. The molecule has 0 aromatic carbocycles. The van der Waals surface area contributed by atoms with Crippen molar-refractivity contribution in [1.29, 1.82) is 0 Å². The van der Waals surface area contributed by atoms with Crippen molar-refractivity contribution < 1.29 is 0 Å². The Morgan fingerprint density at radius 2 is 0.700 bits per heavy atom. The molecule has 0 aromatic heterocycles. The summed E-state index contributed by atoms with van der Waals surface area (Å²) in [6.07, 6.45) is 26.7. The molecule has 1 aliphatic rings. The predicted octanol–water partition coefficient (Wildman–Crippen LogP) is 7.12. The van der Waals surface area contributed by atoms with Crippen LogP contribution in [0.3, 0.4) is 0 Å². The van der Waals surface area contributed by atoms with Crippen LogP contribution in [-0.2, 0) is 0 Å². The molecule has 1 rings (SSSR count). The van der Waals surface area contributed by atoms with E-state index in [0.717, 1.165) is 5.92 Å². The third-order valence-electron chi connectivity index (χ3n) is 5.06. The molecule has 0 bridgehead atoms. The first-order chi connectivity index (χ1) is 9.93. The Labute approximate surface area is 131 Å². The molecule has 0 nitrogen and oxygen atoms in total. The summed E-state index contributed by atoms with van der Waals surface area (Å²) < 4.78 is 0. The van der Waals surface area contributed by atoms with Crippen molar-refractivity contribution in [2.24, 2.45) is 5.92 Å². The molecule has 0 saturated heterocycles. The van der Waals surface area contributed by atoms with E-state index in [4.69, 9.17) is 0 Å². The zero-order valence-corrected chi connectivity index (χ0v) is 15.0. The van der Waals surface area contributed by atoms with Gasteiger partial charge in [-0.15, -0.1) is 9.24 Å². The fraction of sp³-hybridized carbons (Fsp3) is 1.00. The van der Waals surface area contributed by atoms with Crippen molar-refractivity contribution in [3.8, 4) is 0 Å². The second-order valence-corrected chi connectivity index (χ2v) is 7.45. The van der Waals surface area contributed by atoms with Gasteiger partial charge in [0.25, 0.3) is 0 Å². The zero-order chi connectivity index (χ0) is 14.3. The summed E-state index contributed by atoms with van der Waals surface area (Å²) in [5, 5.41) is 0. The summed E-state index contributed by atoms with van der Waals surface area (Å²) in [5.74, 6) is 0.999. The lowest BCUT2D eigenvalue weighted by Gasteiger charge is -2.14. The Morgan fingerprint density at radius 1 is 0.450 bits per heavy atom. The van der Waals surface area contributed by atoms with Gasteiger partial charge in [-0.2, -0.15) is 0 Å². The molecule has 0 spiro atoms.